The van der Waals surface area contributed by atoms with Gasteiger partial charge in [0, 0.05) is 39.7 Å². The van der Waals surface area contributed by atoms with Crippen molar-refractivity contribution < 1.29 is 14.4 Å². The molecule has 2 heterocycles. The average Bonchev–Trinajstić information content (AvgIpc) is 3.13. The molecule has 0 aliphatic carbocycles. The van der Waals surface area contributed by atoms with Crippen molar-refractivity contribution in [1.29, 1.82) is 0 Å². The number of nitrogens with zero attached hydrogens (tertiary/aromatic N) is 2. The van der Waals surface area contributed by atoms with E-state index in [4.69, 9.17) is 0 Å². The van der Waals surface area contributed by atoms with Crippen LogP contribution in [0.2, 0.25) is 0 Å². The van der Waals surface area contributed by atoms with Gasteiger partial charge in [-0.05, 0) is 34.7 Å². The highest BCUT2D eigenvalue weighted by Gasteiger charge is 2.36. The van der Waals surface area contributed by atoms with Gasteiger partial charge >= 0.3 is 0 Å². The Morgan fingerprint density at radius 1 is 1.19 bits per heavy atom. The summed E-state index contributed by atoms with van der Waals surface area (Å²) in [6.07, 6.45) is 0.462. The summed E-state index contributed by atoms with van der Waals surface area (Å²) >= 11 is 1.37. The first-order valence-corrected chi connectivity index (χ1v) is 9.20. The number of nitrogens with one attached hydrogen (secondary N) is 1. The van der Waals surface area contributed by atoms with E-state index in [0.717, 1.165) is 11.1 Å². The summed E-state index contributed by atoms with van der Waals surface area (Å²) in [5, 5.41) is 4.61. The molecule has 1 aromatic carbocycles. The Kier molecular flexibility index (Phi) is 5.08. The van der Waals surface area contributed by atoms with Crippen molar-refractivity contribution in [3.8, 4) is 0 Å². The Balaban J connectivity index is 1.96. The van der Waals surface area contributed by atoms with Crippen molar-refractivity contribution in [2.75, 3.05) is 19.4 Å². The molecule has 26 heavy (non-hydrogen) atoms. The van der Waals surface area contributed by atoms with E-state index in [1.54, 1.807) is 25.1 Å². The van der Waals surface area contributed by atoms with Gasteiger partial charge in [-0.1, -0.05) is 12.1 Å². The molecule has 136 valence electrons. The second-order valence-electron chi connectivity index (χ2n) is 6.53. The van der Waals surface area contributed by atoms with Gasteiger partial charge in [0.15, 0.2) is 0 Å². The van der Waals surface area contributed by atoms with Crippen LogP contribution in [0.3, 0.4) is 0 Å². The van der Waals surface area contributed by atoms with Gasteiger partial charge in [0.25, 0.3) is 5.91 Å². The highest BCUT2D eigenvalue weighted by atomic mass is 32.1. The first-order chi connectivity index (χ1) is 12.4. The number of carbonyl (C=O) groups excluding carboxylic acids is 3. The fourth-order valence-corrected chi connectivity index (χ4v) is 3.82. The van der Waals surface area contributed by atoms with Gasteiger partial charge in [0.05, 0.1) is 4.88 Å². The third kappa shape index (κ3) is 3.62. The highest BCUT2D eigenvalue weighted by molar-refractivity contribution is 7.12. The zero-order chi connectivity index (χ0) is 18.8. The molecule has 7 heteroatoms. The Morgan fingerprint density at radius 3 is 2.58 bits per heavy atom. The predicted octanol–water partition coefficient (Wildman–Crippen LogP) is 2.36. The number of fused-ring (bicyclic) bond motifs is 1. The fraction of sp³-hybridized carbons (Fsp3) is 0.316. The summed E-state index contributed by atoms with van der Waals surface area (Å²) in [4.78, 5) is 40.7. The molecular weight excluding hydrogens is 350 g/mol. The van der Waals surface area contributed by atoms with Gasteiger partial charge in [-0.25, -0.2) is 0 Å². The Labute approximate surface area is 156 Å². The van der Waals surface area contributed by atoms with Gasteiger partial charge in [-0.2, -0.15) is 0 Å². The van der Waals surface area contributed by atoms with Crippen molar-refractivity contribution >= 4 is 34.7 Å². The molecule has 1 aliphatic heterocycles. The smallest absolute Gasteiger partial charge is 0.264 e. The van der Waals surface area contributed by atoms with E-state index in [9.17, 15) is 14.4 Å². The minimum absolute atomic E-state index is 0.0912. The van der Waals surface area contributed by atoms with Crippen molar-refractivity contribution in [1.82, 2.24) is 9.80 Å². The van der Waals surface area contributed by atoms with E-state index in [2.05, 4.69) is 5.32 Å². The molecule has 1 N–H and O–H groups in total. The number of anilines is 1. The van der Waals surface area contributed by atoms with Gasteiger partial charge in [-0.3, -0.25) is 14.4 Å². The van der Waals surface area contributed by atoms with Crippen LogP contribution in [0, 0.1) is 0 Å². The van der Waals surface area contributed by atoms with Crippen LogP contribution in [-0.4, -0.2) is 47.7 Å². The zero-order valence-electron chi connectivity index (χ0n) is 15.0. The van der Waals surface area contributed by atoms with Crippen LogP contribution in [0.1, 0.15) is 27.7 Å². The second-order valence-corrected chi connectivity index (χ2v) is 7.48. The van der Waals surface area contributed by atoms with Gasteiger partial charge < -0.3 is 15.1 Å². The SMILES string of the molecule is CC(=O)Nc1ccc2c(c1)CN(C(=O)c1cccs1)[C@H](C(=O)N(C)C)C2. The molecule has 1 aromatic heterocycles. The van der Waals surface area contributed by atoms with Gasteiger partial charge in [0.2, 0.25) is 11.8 Å². The molecule has 3 rings (SSSR count). The van der Waals surface area contributed by atoms with Crippen LogP contribution < -0.4 is 5.32 Å². The summed E-state index contributed by atoms with van der Waals surface area (Å²) in [6.45, 7) is 1.79. The first-order valence-electron chi connectivity index (χ1n) is 8.32. The van der Waals surface area contributed by atoms with Crippen LogP contribution in [-0.2, 0) is 22.6 Å². The van der Waals surface area contributed by atoms with Crippen molar-refractivity contribution in [2.24, 2.45) is 0 Å². The van der Waals surface area contributed by atoms with Crippen LogP contribution in [0.25, 0.3) is 0 Å². The molecule has 3 amide bonds. The Hall–Kier alpha value is -2.67. The summed E-state index contributed by atoms with van der Waals surface area (Å²) < 4.78 is 0. The number of amides is 3. The van der Waals surface area contributed by atoms with E-state index in [1.165, 1.54) is 23.2 Å². The largest absolute Gasteiger partial charge is 0.347 e. The summed E-state index contributed by atoms with van der Waals surface area (Å²) in [5.41, 5.74) is 2.66. The van der Waals surface area contributed by atoms with E-state index < -0.39 is 6.04 Å². The molecule has 0 saturated carbocycles. The third-order valence-corrected chi connectivity index (χ3v) is 5.23. The van der Waals surface area contributed by atoms with Gasteiger partial charge in [0.1, 0.15) is 6.04 Å². The molecule has 0 unspecified atom stereocenters. The number of carbonyl (C=O) groups is 3. The molecule has 0 fully saturated rings. The predicted molar refractivity (Wildman–Crippen MR) is 101 cm³/mol. The minimum atomic E-state index is -0.529. The first kappa shape index (κ1) is 18.1. The number of thiophene rings is 1. The number of hydrogen-bond acceptors (Lipinski definition) is 4. The second kappa shape index (κ2) is 7.29. The molecule has 1 atom stereocenters. The molecule has 0 spiro atoms. The lowest BCUT2D eigenvalue weighted by Gasteiger charge is -2.37. The highest BCUT2D eigenvalue weighted by Crippen LogP contribution is 2.29. The number of benzene rings is 1. The normalized spacial score (nSPS) is 16.0. The quantitative estimate of drug-likeness (QED) is 0.900. The summed E-state index contributed by atoms with van der Waals surface area (Å²) in [7, 11) is 3.40. The van der Waals surface area contributed by atoms with Crippen LogP contribution in [0.15, 0.2) is 35.7 Å². The molecule has 2 aromatic rings. The number of likely N-dealkylation sites (N-methyl/N-ethyl adjacent to an activating group) is 1. The maximum Gasteiger partial charge on any atom is 0.264 e. The fourth-order valence-electron chi connectivity index (χ4n) is 3.14. The van der Waals surface area contributed by atoms with Crippen molar-refractivity contribution in [3.05, 3.63) is 51.7 Å². The maximum atomic E-state index is 13.0. The lowest BCUT2D eigenvalue weighted by Crippen LogP contribution is -2.52. The zero-order valence-corrected chi connectivity index (χ0v) is 15.8. The Bertz CT molecular complexity index is 846. The molecule has 6 nitrogen and oxygen atoms in total. The van der Waals surface area contributed by atoms with E-state index >= 15 is 0 Å². The van der Waals surface area contributed by atoms with E-state index in [1.807, 2.05) is 29.6 Å². The monoisotopic (exact) mass is 371 g/mol. The summed E-state index contributed by atoms with van der Waals surface area (Å²) in [6, 6.07) is 8.69. The van der Waals surface area contributed by atoms with Crippen LogP contribution in [0.4, 0.5) is 5.69 Å². The maximum absolute atomic E-state index is 13.0. The lowest BCUT2D eigenvalue weighted by molar-refractivity contribution is -0.134. The topological polar surface area (TPSA) is 69.7 Å². The molecule has 0 saturated heterocycles. The molecule has 0 radical (unpaired) electrons. The minimum Gasteiger partial charge on any atom is -0.347 e. The number of hydrogen-bond donors (Lipinski definition) is 1. The van der Waals surface area contributed by atoms with Gasteiger partial charge in [-0.15, -0.1) is 11.3 Å². The van der Waals surface area contributed by atoms with Crippen LogP contribution in [0.5, 0.6) is 0 Å². The van der Waals surface area contributed by atoms with E-state index in [0.29, 0.717) is 23.5 Å². The molecule has 0 bridgehead atoms. The summed E-state index contributed by atoms with van der Waals surface area (Å²) in [5.74, 6) is -0.379. The number of rotatable bonds is 3. The van der Waals surface area contributed by atoms with Crippen LogP contribution >= 0.6 is 11.3 Å². The van der Waals surface area contributed by atoms with E-state index in [-0.39, 0.29) is 17.7 Å². The Morgan fingerprint density at radius 2 is 1.96 bits per heavy atom. The molecule has 1 aliphatic rings. The third-order valence-electron chi connectivity index (χ3n) is 4.38. The van der Waals surface area contributed by atoms with Crippen molar-refractivity contribution in [2.45, 2.75) is 25.9 Å². The standard InChI is InChI=1S/C19H21N3O3S/c1-12(23)20-15-7-6-13-10-16(18(24)21(2)3)22(11-14(13)9-15)19(25)17-5-4-8-26-17/h4-9,16H,10-11H2,1-3H3,(H,20,23)/t16-/m0/s1. The lowest BCUT2D eigenvalue weighted by atomic mass is 9.92. The molecular formula is C19H21N3O3S. The average molecular weight is 371 g/mol. The van der Waals surface area contributed by atoms with Crippen molar-refractivity contribution in [3.63, 3.8) is 0 Å².